The van der Waals surface area contributed by atoms with Crippen LogP contribution in [-0.2, 0) is 4.79 Å². The van der Waals surface area contributed by atoms with Crippen LogP contribution in [0.3, 0.4) is 0 Å². The van der Waals surface area contributed by atoms with Gasteiger partial charge in [-0.25, -0.2) is 0 Å². The number of rotatable bonds is 1. The Kier molecular flexibility index (Phi) is 1.33. The maximum atomic E-state index is 11.0. The largest absolute Gasteiger partial charge is 0.300 e. The van der Waals surface area contributed by atoms with Gasteiger partial charge < -0.3 is 0 Å². The van der Waals surface area contributed by atoms with E-state index in [1.165, 1.54) is 25.7 Å². The molecule has 2 unspecified atom stereocenters. The fourth-order valence-electron chi connectivity index (χ4n) is 2.74. The minimum atomic E-state index is 0.437. The smallest absolute Gasteiger partial charge is 0.133 e. The van der Waals surface area contributed by atoms with Gasteiger partial charge in [-0.1, -0.05) is 6.42 Å². The molecular weight excluding hydrogens is 124 g/mol. The summed E-state index contributed by atoms with van der Waals surface area (Å²) in [5.41, 5.74) is 0. The predicted octanol–water partition coefficient (Wildman–Crippen LogP) is 2.01. The number of hydrogen-bond acceptors (Lipinski definition) is 1. The molecule has 0 spiro atoms. The Morgan fingerprint density at radius 1 is 1.30 bits per heavy atom. The SMILES string of the molecule is CC(=O)C1CC2CC[C@H]1C2. The Morgan fingerprint density at radius 3 is 2.40 bits per heavy atom. The first kappa shape index (κ1) is 6.38. The summed E-state index contributed by atoms with van der Waals surface area (Å²) in [6, 6.07) is 0. The van der Waals surface area contributed by atoms with Crippen LogP contribution < -0.4 is 0 Å². The summed E-state index contributed by atoms with van der Waals surface area (Å²) in [5, 5.41) is 0. The summed E-state index contributed by atoms with van der Waals surface area (Å²) in [5.74, 6) is 2.59. The highest BCUT2D eigenvalue weighted by molar-refractivity contribution is 5.79. The van der Waals surface area contributed by atoms with Crippen molar-refractivity contribution in [2.45, 2.75) is 32.6 Å². The van der Waals surface area contributed by atoms with Crippen molar-refractivity contribution in [2.75, 3.05) is 0 Å². The highest BCUT2D eigenvalue weighted by Crippen LogP contribution is 2.48. The van der Waals surface area contributed by atoms with E-state index in [0.717, 1.165) is 11.8 Å². The summed E-state index contributed by atoms with van der Waals surface area (Å²) < 4.78 is 0. The van der Waals surface area contributed by atoms with Crippen molar-refractivity contribution < 1.29 is 4.79 Å². The van der Waals surface area contributed by atoms with E-state index in [1.807, 2.05) is 0 Å². The second-order valence-corrected chi connectivity index (χ2v) is 3.89. The van der Waals surface area contributed by atoms with E-state index in [1.54, 1.807) is 6.92 Å². The molecule has 3 atom stereocenters. The van der Waals surface area contributed by atoms with Gasteiger partial charge in [0.1, 0.15) is 5.78 Å². The summed E-state index contributed by atoms with van der Waals surface area (Å²) in [4.78, 5) is 11.0. The van der Waals surface area contributed by atoms with Gasteiger partial charge in [-0.2, -0.15) is 0 Å². The molecule has 1 heteroatoms. The minimum Gasteiger partial charge on any atom is -0.300 e. The topological polar surface area (TPSA) is 17.1 Å². The number of ketones is 1. The fourth-order valence-corrected chi connectivity index (χ4v) is 2.74. The average molecular weight is 138 g/mol. The molecule has 0 aliphatic heterocycles. The zero-order valence-corrected chi connectivity index (χ0v) is 6.47. The molecule has 1 nitrogen and oxygen atoms in total. The zero-order valence-electron chi connectivity index (χ0n) is 6.47. The normalized spacial score (nSPS) is 44.3. The lowest BCUT2D eigenvalue weighted by Crippen LogP contribution is -2.17. The molecule has 2 aliphatic rings. The third-order valence-electron chi connectivity index (χ3n) is 3.26. The average Bonchev–Trinajstić information content (AvgIpc) is 2.44. The number of hydrogen-bond donors (Lipinski definition) is 0. The van der Waals surface area contributed by atoms with Gasteiger partial charge >= 0.3 is 0 Å². The molecule has 0 radical (unpaired) electrons. The molecule has 56 valence electrons. The van der Waals surface area contributed by atoms with Crippen LogP contribution >= 0.6 is 0 Å². The highest BCUT2D eigenvalue weighted by atomic mass is 16.1. The van der Waals surface area contributed by atoms with E-state index in [4.69, 9.17) is 0 Å². The molecule has 0 N–H and O–H groups in total. The Bertz CT molecular complexity index is 162. The van der Waals surface area contributed by atoms with Gasteiger partial charge in [-0.05, 0) is 38.0 Å². The summed E-state index contributed by atoms with van der Waals surface area (Å²) >= 11 is 0. The number of carbonyl (C=O) groups excluding carboxylic acids is 1. The molecule has 10 heavy (non-hydrogen) atoms. The first-order valence-electron chi connectivity index (χ1n) is 4.28. The lowest BCUT2D eigenvalue weighted by molar-refractivity contribution is -0.122. The first-order chi connectivity index (χ1) is 4.77. The van der Waals surface area contributed by atoms with Crippen LogP contribution in [-0.4, -0.2) is 5.78 Å². The second-order valence-electron chi connectivity index (χ2n) is 3.89. The van der Waals surface area contributed by atoms with E-state index in [-0.39, 0.29) is 0 Å². The molecule has 2 saturated carbocycles. The van der Waals surface area contributed by atoms with Crippen molar-refractivity contribution >= 4 is 5.78 Å². The number of carbonyl (C=O) groups is 1. The summed E-state index contributed by atoms with van der Waals surface area (Å²) in [6.07, 6.45) is 5.29. The second kappa shape index (κ2) is 2.08. The quantitative estimate of drug-likeness (QED) is 0.541. The van der Waals surface area contributed by atoms with E-state index < -0.39 is 0 Å². The molecule has 2 fully saturated rings. The Hall–Kier alpha value is -0.330. The maximum absolute atomic E-state index is 11.0. The van der Waals surface area contributed by atoms with Crippen molar-refractivity contribution in [3.63, 3.8) is 0 Å². The van der Waals surface area contributed by atoms with E-state index in [2.05, 4.69) is 0 Å². The lowest BCUT2D eigenvalue weighted by Gasteiger charge is -2.17. The molecule has 0 saturated heterocycles. The van der Waals surface area contributed by atoms with Crippen LogP contribution in [0.15, 0.2) is 0 Å². The molecule has 2 bridgehead atoms. The number of fused-ring (bicyclic) bond motifs is 2. The molecule has 2 rings (SSSR count). The van der Waals surface area contributed by atoms with Crippen LogP contribution in [0, 0.1) is 17.8 Å². The Balaban J connectivity index is 2.08. The van der Waals surface area contributed by atoms with Crippen molar-refractivity contribution in [1.82, 2.24) is 0 Å². The van der Waals surface area contributed by atoms with Crippen molar-refractivity contribution in [1.29, 1.82) is 0 Å². The van der Waals surface area contributed by atoms with Gasteiger partial charge in [0.2, 0.25) is 0 Å². The molecule has 2 aliphatic carbocycles. The van der Waals surface area contributed by atoms with Crippen LogP contribution in [0.2, 0.25) is 0 Å². The van der Waals surface area contributed by atoms with E-state index >= 15 is 0 Å². The van der Waals surface area contributed by atoms with Gasteiger partial charge in [0.05, 0.1) is 0 Å². The molecular formula is C9H14O. The van der Waals surface area contributed by atoms with Crippen molar-refractivity contribution in [3.8, 4) is 0 Å². The highest BCUT2D eigenvalue weighted by Gasteiger charge is 2.41. The van der Waals surface area contributed by atoms with E-state index in [9.17, 15) is 4.79 Å². The zero-order chi connectivity index (χ0) is 7.14. The lowest BCUT2D eigenvalue weighted by atomic mass is 9.86. The monoisotopic (exact) mass is 138 g/mol. The van der Waals surface area contributed by atoms with Gasteiger partial charge in [0, 0.05) is 5.92 Å². The van der Waals surface area contributed by atoms with Gasteiger partial charge in [0.25, 0.3) is 0 Å². The molecule has 0 aromatic heterocycles. The van der Waals surface area contributed by atoms with Crippen molar-refractivity contribution in [2.24, 2.45) is 17.8 Å². The van der Waals surface area contributed by atoms with Gasteiger partial charge in [0.15, 0.2) is 0 Å². The minimum absolute atomic E-state index is 0.437. The Labute approximate surface area is 61.8 Å². The van der Waals surface area contributed by atoms with Crippen molar-refractivity contribution in [3.05, 3.63) is 0 Å². The van der Waals surface area contributed by atoms with Gasteiger partial charge in [-0.15, -0.1) is 0 Å². The van der Waals surface area contributed by atoms with Crippen LogP contribution in [0.25, 0.3) is 0 Å². The molecule has 0 amide bonds. The standard InChI is InChI=1S/C9H14O/c1-6(10)9-5-7-2-3-8(9)4-7/h7-9H,2-5H2,1H3/t7?,8-,9?/m0/s1. The van der Waals surface area contributed by atoms with Crippen LogP contribution in [0.1, 0.15) is 32.6 Å². The third kappa shape index (κ3) is 0.799. The van der Waals surface area contributed by atoms with E-state index in [0.29, 0.717) is 11.7 Å². The maximum Gasteiger partial charge on any atom is 0.133 e. The first-order valence-corrected chi connectivity index (χ1v) is 4.28. The van der Waals surface area contributed by atoms with Crippen LogP contribution in [0.4, 0.5) is 0 Å². The summed E-state index contributed by atoms with van der Waals surface area (Å²) in [7, 11) is 0. The van der Waals surface area contributed by atoms with Crippen LogP contribution in [0.5, 0.6) is 0 Å². The number of Topliss-reactive ketones (excluding diaryl/α,β-unsaturated/α-hetero) is 1. The molecule has 0 aromatic rings. The third-order valence-corrected chi connectivity index (χ3v) is 3.26. The predicted molar refractivity (Wildman–Crippen MR) is 39.6 cm³/mol. The summed E-state index contributed by atoms with van der Waals surface area (Å²) in [6.45, 7) is 1.76. The Morgan fingerprint density at radius 2 is 2.10 bits per heavy atom. The van der Waals surface area contributed by atoms with Gasteiger partial charge in [-0.3, -0.25) is 4.79 Å². The molecule has 0 aromatic carbocycles. The fraction of sp³-hybridized carbons (Fsp3) is 0.889. The molecule has 0 heterocycles.